The third-order valence-corrected chi connectivity index (χ3v) is 4.14. The predicted molar refractivity (Wildman–Crippen MR) is 93.5 cm³/mol. The van der Waals surface area contributed by atoms with Crippen molar-refractivity contribution in [2.75, 3.05) is 13.1 Å². The van der Waals surface area contributed by atoms with Gasteiger partial charge in [0.05, 0.1) is 0 Å². The molecular weight excluding hydrogens is 237 g/mol. The minimum absolute atomic E-state index is 0. The molecule has 1 rings (SSSR count). The van der Waals surface area contributed by atoms with Gasteiger partial charge in [0.1, 0.15) is 0 Å². The van der Waals surface area contributed by atoms with Crippen molar-refractivity contribution in [3.63, 3.8) is 0 Å². The van der Waals surface area contributed by atoms with Gasteiger partial charge in [-0.05, 0) is 25.9 Å². The van der Waals surface area contributed by atoms with Crippen LogP contribution in [0.25, 0.3) is 0 Å². The van der Waals surface area contributed by atoms with Gasteiger partial charge in [-0.25, -0.2) is 0 Å². The van der Waals surface area contributed by atoms with Crippen LogP contribution in [0.15, 0.2) is 12.2 Å². The Bertz CT molecular complexity index is 213. The van der Waals surface area contributed by atoms with Gasteiger partial charge in [-0.2, -0.15) is 0 Å². The van der Waals surface area contributed by atoms with E-state index in [1.807, 2.05) is 0 Å². The summed E-state index contributed by atoms with van der Waals surface area (Å²) in [7, 11) is 0. The molecule has 0 amide bonds. The number of nitrogens with zero attached hydrogens (tertiary/aromatic N) is 1. The summed E-state index contributed by atoms with van der Waals surface area (Å²) in [6.45, 7) is 7.17. The van der Waals surface area contributed by atoms with Gasteiger partial charge < -0.3 is 0 Å². The first-order valence-corrected chi connectivity index (χ1v) is 8.64. The second kappa shape index (κ2) is 14.2. The van der Waals surface area contributed by atoms with Crippen LogP contribution in [0.1, 0.15) is 78.1 Å². The molecule has 20 heavy (non-hydrogen) atoms. The third-order valence-electron chi connectivity index (χ3n) is 4.14. The maximum atomic E-state index is 2.68. The van der Waals surface area contributed by atoms with Gasteiger partial charge in [-0.3, -0.25) is 4.90 Å². The minimum atomic E-state index is 0. The summed E-state index contributed by atoms with van der Waals surface area (Å²) in [5.74, 6) is 0. The number of unbranched alkanes of at least 4 members (excludes halogenated alkanes) is 8. The first-order valence-electron chi connectivity index (χ1n) is 8.64. The maximum absolute atomic E-state index is 2.68. The van der Waals surface area contributed by atoms with Gasteiger partial charge >= 0.3 is 18.9 Å². The second-order valence-corrected chi connectivity index (χ2v) is 5.93. The van der Waals surface area contributed by atoms with E-state index in [0.29, 0.717) is 6.04 Å². The SMILES string of the molecule is CCCCCCCN(CCCCCCC)C1[CH]C=C1.[LiH]. The van der Waals surface area contributed by atoms with Crippen LogP contribution in [0.3, 0.4) is 0 Å². The molecule has 1 aliphatic rings. The number of rotatable bonds is 13. The van der Waals surface area contributed by atoms with Crippen LogP contribution < -0.4 is 0 Å². The van der Waals surface area contributed by atoms with Crippen LogP contribution in [-0.2, 0) is 0 Å². The van der Waals surface area contributed by atoms with E-state index < -0.39 is 0 Å². The molecule has 1 aliphatic carbocycles. The van der Waals surface area contributed by atoms with Crippen LogP contribution in [-0.4, -0.2) is 42.9 Å². The molecule has 0 fully saturated rings. The Morgan fingerprint density at radius 3 is 1.55 bits per heavy atom. The molecule has 0 aromatic carbocycles. The quantitative estimate of drug-likeness (QED) is 0.346. The Balaban J connectivity index is 0.00000361. The first-order chi connectivity index (χ1) is 9.38. The average molecular weight is 272 g/mol. The zero-order chi connectivity index (χ0) is 13.8. The number of hydrogen-bond donors (Lipinski definition) is 0. The molecule has 0 N–H and O–H groups in total. The molecule has 0 aliphatic heterocycles. The molecule has 1 nitrogen and oxygen atoms in total. The monoisotopic (exact) mass is 272 g/mol. The Hall–Kier alpha value is 0.297. The predicted octanol–water partition coefficient (Wildman–Crippen LogP) is 4.72. The summed E-state index contributed by atoms with van der Waals surface area (Å²) in [5, 5.41) is 0. The molecule has 1 atom stereocenters. The molecule has 0 saturated carbocycles. The van der Waals surface area contributed by atoms with Crippen LogP contribution in [0, 0.1) is 6.42 Å². The van der Waals surface area contributed by atoms with E-state index in [1.54, 1.807) is 0 Å². The summed E-state index contributed by atoms with van der Waals surface area (Å²) < 4.78 is 0. The van der Waals surface area contributed by atoms with Gasteiger partial charge in [0.15, 0.2) is 0 Å². The molecule has 0 bridgehead atoms. The fourth-order valence-corrected chi connectivity index (χ4v) is 2.70. The topological polar surface area (TPSA) is 3.24 Å². The van der Waals surface area contributed by atoms with E-state index in [0.717, 1.165) is 0 Å². The summed E-state index contributed by atoms with van der Waals surface area (Å²) in [4.78, 5) is 2.68. The molecule has 0 spiro atoms. The van der Waals surface area contributed by atoms with Crippen molar-refractivity contribution in [1.29, 1.82) is 0 Å². The molecule has 1 radical (unpaired) electrons. The van der Waals surface area contributed by atoms with Gasteiger partial charge in [0, 0.05) is 12.5 Å². The van der Waals surface area contributed by atoms with Crippen molar-refractivity contribution in [2.24, 2.45) is 0 Å². The van der Waals surface area contributed by atoms with Gasteiger partial charge in [0.2, 0.25) is 0 Å². The molecule has 0 saturated heterocycles. The van der Waals surface area contributed by atoms with E-state index in [9.17, 15) is 0 Å². The van der Waals surface area contributed by atoms with E-state index in [-0.39, 0.29) is 18.9 Å². The molecular formula is C18H35LiN. The van der Waals surface area contributed by atoms with Crippen molar-refractivity contribution >= 4 is 18.9 Å². The summed E-state index contributed by atoms with van der Waals surface area (Å²) in [6, 6.07) is 0.650. The van der Waals surface area contributed by atoms with Crippen molar-refractivity contribution in [3.8, 4) is 0 Å². The van der Waals surface area contributed by atoms with E-state index >= 15 is 0 Å². The van der Waals surface area contributed by atoms with E-state index in [1.165, 1.54) is 77.3 Å². The standard InChI is InChI=1S/C18H34N.Li.H/c1-3-5-7-9-11-16-19(18-14-13-15-18)17-12-10-8-6-4-2;;/h13-15,18H,3-12,16-17H2,1-2H3;;. The van der Waals surface area contributed by atoms with Crippen molar-refractivity contribution in [3.05, 3.63) is 18.6 Å². The van der Waals surface area contributed by atoms with Crippen molar-refractivity contribution in [2.45, 2.75) is 84.1 Å². The molecule has 0 aromatic heterocycles. The Labute approximate surface area is 139 Å². The van der Waals surface area contributed by atoms with Gasteiger partial charge in [-0.1, -0.05) is 77.4 Å². The summed E-state index contributed by atoms with van der Waals surface area (Å²) in [5.41, 5.74) is 0. The van der Waals surface area contributed by atoms with Crippen LogP contribution >= 0.6 is 0 Å². The summed E-state index contributed by atoms with van der Waals surface area (Å²) >= 11 is 0. The Morgan fingerprint density at radius 2 is 1.20 bits per heavy atom. The zero-order valence-corrected chi connectivity index (χ0v) is 13.2. The van der Waals surface area contributed by atoms with Crippen molar-refractivity contribution in [1.82, 2.24) is 4.90 Å². The van der Waals surface area contributed by atoms with Crippen LogP contribution in [0.4, 0.5) is 0 Å². The summed E-state index contributed by atoms with van der Waals surface area (Å²) in [6.07, 6.45) is 20.8. The Kier molecular flexibility index (Phi) is 14.5. The molecule has 0 aromatic rings. The van der Waals surface area contributed by atoms with Gasteiger partial charge in [-0.15, -0.1) is 0 Å². The zero-order valence-electron chi connectivity index (χ0n) is 13.2. The van der Waals surface area contributed by atoms with E-state index in [4.69, 9.17) is 0 Å². The normalized spacial score (nSPS) is 17.1. The molecule has 1 unspecified atom stereocenters. The third kappa shape index (κ3) is 9.27. The van der Waals surface area contributed by atoms with Gasteiger partial charge in [0.25, 0.3) is 0 Å². The molecule has 2 heteroatoms. The van der Waals surface area contributed by atoms with Crippen molar-refractivity contribution < 1.29 is 0 Å². The van der Waals surface area contributed by atoms with E-state index in [2.05, 4.69) is 37.3 Å². The molecule has 113 valence electrons. The van der Waals surface area contributed by atoms with Crippen LogP contribution in [0.5, 0.6) is 0 Å². The fourth-order valence-electron chi connectivity index (χ4n) is 2.70. The number of hydrogen-bond acceptors (Lipinski definition) is 1. The Morgan fingerprint density at radius 1 is 0.750 bits per heavy atom. The first kappa shape index (κ1) is 20.3. The fraction of sp³-hybridized carbons (Fsp3) is 0.833. The average Bonchev–Trinajstić information content (AvgIpc) is 2.35. The second-order valence-electron chi connectivity index (χ2n) is 5.93. The van der Waals surface area contributed by atoms with Crippen LogP contribution in [0.2, 0.25) is 0 Å². The molecule has 0 heterocycles.